The van der Waals surface area contributed by atoms with Gasteiger partial charge >= 0.3 is 0 Å². The molecule has 0 aromatic rings. The summed E-state index contributed by atoms with van der Waals surface area (Å²) >= 11 is -2.56. The zero-order valence-corrected chi connectivity index (χ0v) is 11.1. The first kappa shape index (κ1) is 14.5. The van der Waals surface area contributed by atoms with E-state index in [1.165, 1.54) is 0 Å². The predicted molar refractivity (Wildman–Crippen MR) is 62.3 cm³/mol. The van der Waals surface area contributed by atoms with Gasteiger partial charge in [0.25, 0.3) is 0 Å². The molecule has 0 aliphatic heterocycles. The quantitative estimate of drug-likeness (QED) is 0.698. The molecule has 0 aromatic heterocycles. The van der Waals surface area contributed by atoms with Gasteiger partial charge in [-0.1, -0.05) is 0 Å². The number of nitrogens with two attached hydrogens (primary N) is 1. The number of hydrogen-bond donors (Lipinski definition) is 2. The van der Waals surface area contributed by atoms with Crippen LogP contribution in [0.4, 0.5) is 0 Å². The van der Waals surface area contributed by atoms with E-state index in [-0.39, 0.29) is 4.75 Å². The maximum atomic E-state index is 11.6. The van der Waals surface area contributed by atoms with Crippen molar-refractivity contribution in [1.29, 1.82) is 0 Å². The van der Waals surface area contributed by atoms with Gasteiger partial charge in [-0.2, -0.15) is 5.14 Å². The van der Waals surface area contributed by atoms with E-state index >= 15 is 0 Å². The van der Waals surface area contributed by atoms with Gasteiger partial charge in [-0.3, -0.25) is 0 Å². The molecule has 4 nitrogen and oxygen atoms in total. The Morgan fingerprint density at radius 1 is 1.14 bits per heavy atom. The highest BCUT2D eigenvalue weighted by atomic mass is 32.2. The molecule has 2 atom stereocenters. The fourth-order valence-corrected chi connectivity index (χ4v) is 1.76. The summed E-state index contributed by atoms with van der Waals surface area (Å²) in [5.74, 6) is 0. The lowest BCUT2D eigenvalue weighted by molar-refractivity contribution is 0.518. The van der Waals surface area contributed by atoms with Crippen molar-refractivity contribution in [3.05, 3.63) is 0 Å². The highest BCUT2D eigenvalue weighted by Gasteiger charge is 2.34. The van der Waals surface area contributed by atoms with Gasteiger partial charge < -0.3 is 9.11 Å². The number of hydrogen-bond acceptors (Lipinski definition) is 4. The first-order valence-electron chi connectivity index (χ1n) is 4.39. The number of nitrogens with one attached hydrogen (secondary N) is 1. The van der Waals surface area contributed by atoms with E-state index in [1.807, 2.05) is 20.8 Å². The average molecular weight is 240 g/mol. The Balaban J connectivity index is 4.07. The lowest BCUT2D eigenvalue weighted by Gasteiger charge is -2.28. The van der Waals surface area contributed by atoms with Crippen LogP contribution in [0, 0.1) is 0 Å². The molecule has 0 spiro atoms. The molecule has 0 amide bonds. The Hall–Kier alpha value is 0.540. The molecule has 0 aliphatic rings. The molecule has 0 saturated heterocycles. The molecule has 14 heavy (non-hydrogen) atoms. The van der Waals surface area contributed by atoms with Gasteiger partial charge in [0.2, 0.25) is 0 Å². The summed E-state index contributed by atoms with van der Waals surface area (Å²) in [7, 11) is 0. The van der Waals surface area contributed by atoms with E-state index < -0.39 is 27.5 Å². The maximum absolute atomic E-state index is 11.6. The summed E-state index contributed by atoms with van der Waals surface area (Å²) in [5, 5.41) is 5.30. The molecule has 0 fully saturated rings. The lowest BCUT2D eigenvalue weighted by atomic mass is 10.2. The fourth-order valence-electron chi connectivity index (χ4n) is 0.527. The van der Waals surface area contributed by atoms with Gasteiger partial charge in [-0.15, -0.1) is 4.72 Å². The minimum Gasteiger partial charge on any atom is -0.598 e. The Morgan fingerprint density at radius 3 is 1.86 bits per heavy atom. The second-order valence-electron chi connectivity index (χ2n) is 4.76. The summed E-state index contributed by atoms with van der Waals surface area (Å²) in [6.45, 7) is 9.56. The highest BCUT2D eigenvalue weighted by molar-refractivity contribution is 7.91. The Labute approximate surface area is 92.6 Å². The molecule has 0 heterocycles. The van der Waals surface area contributed by atoms with Gasteiger partial charge in [0, 0.05) is 22.7 Å². The van der Waals surface area contributed by atoms with Gasteiger partial charge in [-0.05, 0) is 34.6 Å². The van der Waals surface area contributed by atoms with Crippen LogP contribution in [0.25, 0.3) is 0 Å². The maximum Gasteiger partial charge on any atom is 0.156 e. The molecule has 0 aromatic carbocycles. The van der Waals surface area contributed by atoms with E-state index in [4.69, 9.17) is 5.14 Å². The minimum absolute atomic E-state index is 0.313. The second kappa shape index (κ2) is 5.05. The van der Waals surface area contributed by atoms with Crippen molar-refractivity contribution >= 4 is 22.7 Å². The highest BCUT2D eigenvalue weighted by Crippen LogP contribution is 2.16. The van der Waals surface area contributed by atoms with Crippen LogP contribution in [-0.2, 0) is 22.7 Å². The number of rotatable bonds is 4. The summed E-state index contributed by atoms with van der Waals surface area (Å²) < 4.78 is 24.6. The molecule has 0 rings (SSSR count). The second-order valence-corrected chi connectivity index (χ2v) is 8.51. The molecular weight excluding hydrogens is 220 g/mol. The van der Waals surface area contributed by atoms with Crippen LogP contribution < -0.4 is 9.86 Å². The Kier molecular flexibility index (Phi) is 5.24. The lowest BCUT2D eigenvalue weighted by Crippen LogP contribution is -2.50. The molecule has 0 aliphatic carbocycles. The summed E-state index contributed by atoms with van der Waals surface area (Å²) in [4.78, 5) is 0. The topological polar surface area (TPSA) is 84.2 Å². The third-order valence-corrected chi connectivity index (χ3v) is 4.48. The summed E-state index contributed by atoms with van der Waals surface area (Å²) in [6.07, 6.45) is 0. The van der Waals surface area contributed by atoms with Crippen LogP contribution in [-0.4, -0.2) is 25.1 Å². The predicted octanol–water partition coefficient (Wildman–Crippen LogP) is 0.439. The van der Waals surface area contributed by atoms with Crippen LogP contribution in [0.5, 0.6) is 0 Å². The van der Waals surface area contributed by atoms with Crippen LogP contribution in [0.3, 0.4) is 0 Å². The van der Waals surface area contributed by atoms with Crippen molar-refractivity contribution in [2.45, 2.75) is 44.1 Å². The van der Waals surface area contributed by atoms with Crippen LogP contribution in [0.2, 0.25) is 0 Å². The molecule has 0 saturated carbocycles. The van der Waals surface area contributed by atoms with Gasteiger partial charge in [0.05, 0.1) is 6.54 Å². The summed E-state index contributed by atoms with van der Waals surface area (Å²) in [6, 6.07) is 0. The fraction of sp³-hybridized carbons (Fsp3) is 1.00. The molecule has 0 bridgehead atoms. The molecule has 3 N–H and O–H groups in total. The SMILES string of the molecule is CC(C)(C)[S+]([O-])NCC(C)(C)[S+](N)[O-]. The van der Waals surface area contributed by atoms with Gasteiger partial charge in [0.1, 0.15) is 4.75 Å². The third kappa shape index (κ3) is 4.86. The molecule has 6 heteroatoms. The molecular formula is C8H20N2O2S2. The summed E-state index contributed by atoms with van der Waals surface area (Å²) in [5.41, 5.74) is 0. The van der Waals surface area contributed by atoms with Crippen molar-refractivity contribution in [3.8, 4) is 0 Å². The van der Waals surface area contributed by atoms with Crippen LogP contribution >= 0.6 is 0 Å². The average Bonchev–Trinajstić information content (AvgIpc) is 1.98. The minimum atomic E-state index is -1.42. The Bertz CT molecular complexity index is 181. The van der Waals surface area contributed by atoms with E-state index in [0.717, 1.165) is 0 Å². The van der Waals surface area contributed by atoms with Gasteiger partial charge in [-0.25, -0.2) is 0 Å². The first-order valence-corrected chi connectivity index (χ1v) is 6.75. The van der Waals surface area contributed by atoms with E-state index in [1.54, 1.807) is 13.8 Å². The molecule has 2 unspecified atom stereocenters. The zero-order chi connectivity index (χ0) is 11.6. The van der Waals surface area contributed by atoms with Crippen molar-refractivity contribution in [2.75, 3.05) is 6.54 Å². The normalized spacial score (nSPS) is 18.0. The van der Waals surface area contributed by atoms with Crippen molar-refractivity contribution in [1.82, 2.24) is 4.72 Å². The largest absolute Gasteiger partial charge is 0.598 e. The first-order chi connectivity index (χ1) is 6.07. The standard InChI is InChI=1S/C8H20N2O2S2/c1-7(2,3)14(12)10-6-8(4,5)13(9)11/h10H,6,9H2,1-5H3. The monoisotopic (exact) mass is 240 g/mol. The zero-order valence-electron chi connectivity index (χ0n) is 9.42. The van der Waals surface area contributed by atoms with E-state index in [9.17, 15) is 9.11 Å². The molecule has 86 valence electrons. The van der Waals surface area contributed by atoms with Crippen LogP contribution in [0.1, 0.15) is 34.6 Å². The van der Waals surface area contributed by atoms with Crippen LogP contribution in [0.15, 0.2) is 0 Å². The van der Waals surface area contributed by atoms with Gasteiger partial charge in [0.15, 0.2) is 4.75 Å². The van der Waals surface area contributed by atoms with E-state index in [0.29, 0.717) is 6.54 Å². The van der Waals surface area contributed by atoms with Crippen molar-refractivity contribution < 1.29 is 9.11 Å². The van der Waals surface area contributed by atoms with Crippen molar-refractivity contribution in [3.63, 3.8) is 0 Å². The van der Waals surface area contributed by atoms with Crippen molar-refractivity contribution in [2.24, 2.45) is 5.14 Å². The third-order valence-electron chi connectivity index (χ3n) is 1.73. The molecule has 0 radical (unpaired) electrons. The smallest absolute Gasteiger partial charge is 0.156 e. The van der Waals surface area contributed by atoms with E-state index in [2.05, 4.69) is 4.72 Å². The Morgan fingerprint density at radius 2 is 1.57 bits per heavy atom.